The van der Waals surface area contributed by atoms with Crippen LogP contribution in [0, 0.1) is 11.3 Å². The minimum absolute atomic E-state index is 0.429. The molecule has 0 bridgehead atoms. The Morgan fingerprint density at radius 2 is 1.64 bits per heavy atom. The van der Waals surface area contributed by atoms with Gasteiger partial charge in [-0.3, -0.25) is 4.90 Å². The maximum absolute atomic E-state index is 8.66. The lowest BCUT2D eigenvalue weighted by atomic mass is 10.1. The molecule has 0 aromatic carbocycles. The van der Waals surface area contributed by atoms with Gasteiger partial charge in [-0.25, -0.2) is 0 Å². The van der Waals surface area contributed by atoms with Crippen LogP contribution in [0.5, 0.6) is 0 Å². The SMILES string of the molecule is CCCCN(CCCC)C(C)CC#N. The van der Waals surface area contributed by atoms with E-state index in [1.54, 1.807) is 0 Å². The highest BCUT2D eigenvalue weighted by Gasteiger charge is 2.11. The van der Waals surface area contributed by atoms with Gasteiger partial charge in [0, 0.05) is 6.04 Å². The van der Waals surface area contributed by atoms with Crippen LogP contribution in [0.3, 0.4) is 0 Å². The molecule has 0 rings (SSSR count). The first kappa shape index (κ1) is 13.4. The molecule has 0 fully saturated rings. The molecule has 1 atom stereocenters. The van der Waals surface area contributed by atoms with E-state index in [-0.39, 0.29) is 0 Å². The fourth-order valence-electron chi connectivity index (χ4n) is 1.54. The molecule has 0 spiro atoms. The molecular weight excluding hydrogens is 172 g/mol. The van der Waals surface area contributed by atoms with E-state index in [0.717, 1.165) is 13.1 Å². The predicted octanol–water partition coefficient (Wildman–Crippen LogP) is 3.19. The van der Waals surface area contributed by atoms with Crippen molar-refractivity contribution in [3.63, 3.8) is 0 Å². The van der Waals surface area contributed by atoms with Crippen LogP contribution in [0.1, 0.15) is 52.9 Å². The van der Waals surface area contributed by atoms with Crippen LogP contribution in [0.4, 0.5) is 0 Å². The summed E-state index contributed by atoms with van der Waals surface area (Å²) in [4.78, 5) is 2.45. The van der Waals surface area contributed by atoms with E-state index in [1.165, 1.54) is 25.7 Å². The maximum Gasteiger partial charge on any atom is 0.0638 e. The van der Waals surface area contributed by atoms with Gasteiger partial charge in [-0.2, -0.15) is 5.26 Å². The van der Waals surface area contributed by atoms with Gasteiger partial charge >= 0.3 is 0 Å². The highest BCUT2D eigenvalue weighted by atomic mass is 15.1. The summed E-state index contributed by atoms with van der Waals surface area (Å²) in [6.45, 7) is 8.90. The zero-order valence-electron chi connectivity index (χ0n) is 9.92. The molecule has 2 nitrogen and oxygen atoms in total. The molecule has 0 saturated carbocycles. The average molecular weight is 196 g/mol. The first-order chi connectivity index (χ1) is 6.76. The first-order valence-corrected chi connectivity index (χ1v) is 5.87. The van der Waals surface area contributed by atoms with Gasteiger partial charge in [0.15, 0.2) is 0 Å². The van der Waals surface area contributed by atoms with Gasteiger partial charge in [-0.05, 0) is 32.9 Å². The van der Waals surface area contributed by atoms with Crippen molar-refractivity contribution in [3.05, 3.63) is 0 Å². The zero-order valence-corrected chi connectivity index (χ0v) is 9.92. The lowest BCUT2D eigenvalue weighted by molar-refractivity contribution is 0.205. The van der Waals surface area contributed by atoms with Crippen LogP contribution in [0.2, 0.25) is 0 Å². The number of unbranched alkanes of at least 4 members (excludes halogenated alkanes) is 2. The second-order valence-electron chi connectivity index (χ2n) is 3.95. The average Bonchev–Trinajstić information content (AvgIpc) is 2.18. The second-order valence-corrected chi connectivity index (χ2v) is 3.95. The molecule has 82 valence electrons. The van der Waals surface area contributed by atoms with Gasteiger partial charge in [-0.1, -0.05) is 26.7 Å². The molecule has 0 heterocycles. The summed E-state index contributed by atoms with van der Waals surface area (Å²) in [5.41, 5.74) is 0. The van der Waals surface area contributed by atoms with Gasteiger partial charge in [0.1, 0.15) is 0 Å². The summed E-state index contributed by atoms with van der Waals surface area (Å²) in [5, 5.41) is 8.66. The largest absolute Gasteiger partial charge is 0.300 e. The topological polar surface area (TPSA) is 27.0 Å². The molecule has 0 saturated heterocycles. The molecule has 0 amide bonds. The Hall–Kier alpha value is -0.550. The summed E-state index contributed by atoms with van der Waals surface area (Å²) < 4.78 is 0. The third kappa shape index (κ3) is 5.99. The van der Waals surface area contributed by atoms with Crippen LogP contribution in [0.15, 0.2) is 0 Å². The lowest BCUT2D eigenvalue weighted by Gasteiger charge is -2.27. The minimum Gasteiger partial charge on any atom is -0.300 e. The van der Waals surface area contributed by atoms with Crippen molar-refractivity contribution in [2.75, 3.05) is 13.1 Å². The molecule has 0 aromatic rings. The molecule has 14 heavy (non-hydrogen) atoms. The normalized spacial score (nSPS) is 12.8. The van der Waals surface area contributed by atoms with E-state index in [1.807, 2.05) is 0 Å². The Balaban J connectivity index is 3.88. The minimum atomic E-state index is 0.429. The molecule has 2 heteroatoms. The third-order valence-electron chi connectivity index (χ3n) is 2.61. The smallest absolute Gasteiger partial charge is 0.0638 e. The summed E-state index contributed by atoms with van der Waals surface area (Å²) in [6, 6.07) is 2.69. The van der Waals surface area contributed by atoms with Gasteiger partial charge in [0.25, 0.3) is 0 Å². The van der Waals surface area contributed by atoms with Gasteiger partial charge < -0.3 is 0 Å². The summed E-state index contributed by atoms with van der Waals surface area (Å²) in [5.74, 6) is 0. The van der Waals surface area contributed by atoms with Crippen molar-refractivity contribution >= 4 is 0 Å². The van der Waals surface area contributed by atoms with Crippen LogP contribution < -0.4 is 0 Å². The highest BCUT2D eigenvalue weighted by molar-refractivity contribution is 4.79. The zero-order chi connectivity index (χ0) is 10.8. The standard InChI is InChI=1S/C12H24N2/c1-4-6-10-14(11-7-5-2)12(3)8-9-13/h12H,4-8,10-11H2,1-3H3. The summed E-state index contributed by atoms with van der Waals surface area (Å²) in [6.07, 6.45) is 5.64. The van der Waals surface area contributed by atoms with Crippen molar-refractivity contribution in [3.8, 4) is 6.07 Å². The van der Waals surface area contributed by atoms with E-state index in [4.69, 9.17) is 5.26 Å². The van der Waals surface area contributed by atoms with Gasteiger partial charge in [0.05, 0.1) is 12.5 Å². The van der Waals surface area contributed by atoms with Crippen LogP contribution in [-0.2, 0) is 0 Å². The molecule has 0 radical (unpaired) electrons. The van der Waals surface area contributed by atoms with E-state index in [9.17, 15) is 0 Å². The van der Waals surface area contributed by atoms with Crippen LogP contribution >= 0.6 is 0 Å². The van der Waals surface area contributed by atoms with Crippen molar-refractivity contribution in [2.24, 2.45) is 0 Å². The second kappa shape index (κ2) is 9.02. The van der Waals surface area contributed by atoms with Crippen LogP contribution in [-0.4, -0.2) is 24.0 Å². The van der Waals surface area contributed by atoms with E-state index >= 15 is 0 Å². The monoisotopic (exact) mass is 196 g/mol. The Kier molecular flexibility index (Phi) is 8.67. The van der Waals surface area contributed by atoms with Crippen molar-refractivity contribution in [1.82, 2.24) is 4.90 Å². The molecule has 0 aromatic heterocycles. The van der Waals surface area contributed by atoms with Crippen molar-refractivity contribution < 1.29 is 0 Å². The van der Waals surface area contributed by atoms with E-state index < -0.39 is 0 Å². The molecule has 1 unspecified atom stereocenters. The summed E-state index contributed by atoms with van der Waals surface area (Å²) in [7, 11) is 0. The lowest BCUT2D eigenvalue weighted by Crippen LogP contribution is -2.34. The van der Waals surface area contributed by atoms with Gasteiger partial charge in [-0.15, -0.1) is 0 Å². The van der Waals surface area contributed by atoms with E-state index in [0.29, 0.717) is 12.5 Å². The highest BCUT2D eigenvalue weighted by Crippen LogP contribution is 2.07. The summed E-state index contributed by atoms with van der Waals surface area (Å²) >= 11 is 0. The number of rotatable bonds is 8. The Bertz CT molecular complexity index is 152. The number of nitrogens with zero attached hydrogens (tertiary/aromatic N) is 2. The Labute approximate surface area is 88.9 Å². The van der Waals surface area contributed by atoms with E-state index in [2.05, 4.69) is 31.7 Å². The molecular formula is C12H24N2. The number of hydrogen-bond acceptors (Lipinski definition) is 2. The van der Waals surface area contributed by atoms with Crippen molar-refractivity contribution in [2.45, 2.75) is 58.9 Å². The molecule has 0 aliphatic carbocycles. The van der Waals surface area contributed by atoms with Crippen molar-refractivity contribution in [1.29, 1.82) is 5.26 Å². The molecule has 0 N–H and O–H groups in total. The predicted molar refractivity (Wildman–Crippen MR) is 61.1 cm³/mol. The molecule has 0 aliphatic rings. The fourth-order valence-corrected chi connectivity index (χ4v) is 1.54. The van der Waals surface area contributed by atoms with Crippen LogP contribution in [0.25, 0.3) is 0 Å². The number of hydrogen-bond donors (Lipinski definition) is 0. The Morgan fingerprint density at radius 3 is 2.00 bits per heavy atom. The quantitative estimate of drug-likeness (QED) is 0.596. The maximum atomic E-state index is 8.66. The molecule has 0 aliphatic heterocycles. The first-order valence-electron chi connectivity index (χ1n) is 5.87. The Morgan fingerprint density at radius 1 is 1.14 bits per heavy atom. The fraction of sp³-hybridized carbons (Fsp3) is 0.917. The number of nitriles is 1. The van der Waals surface area contributed by atoms with Gasteiger partial charge in [0.2, 0.25) is 0 Å². The third-order valence-corrected chi connectivity index (χ3v) is 2.61.